The molecule has 65 heavy (non-hydrogen) atoms. The molecule has 4 heterocycles. The summed E-state index contributed by atoms with van der Waals surface area (Å²) < 4.78 is 9.85. The van der Waals surface area contributed by atoms with Gasteiger partial charge in [0.15, 0.2) is 0 Å². The fourth-order valence-corrected chi connectivity index (χ4v) is 13.9. The van der Waals surface area contributed by atoms with Crippen molar-refractivity contribution in [2.45, 2.75) is 148 Å². The van der Waals surface area contributed by atoms with E-state index in [4.69, 9.17) is 4.42 Å². The van der Waals surface area contributed by atoms with Gasteiger partial charge in [-0.1, -0.05) is 137 Å². The van der Waals surface area contributed by atoms with Gasteiger partial charge in [-0.2, -0.15) is 0 Å². The summed E-state index contributed by atoms with van der Waals surface area (Å²) in [5.74, 6) is 0. The molecule has 6 aromatic carbocycles. The monoisotopic (exact) mass is 851 g/mol. The topological polar surface area (TPSA) is 21.3 Å². The van der Waals surface area contributed by atoms with E-state index in [1.54, 1.807) is 0 Å². The summed E-state index contributed by atoms with van der Waals surface area (Å²) >= 11 is 0. The van der Waals surface area contributed by atoms with Crippen molar-refractivity contribution in [3.8, 4) is 11.1 Å². The molecule has 326 valence electrons. The van der Waals surface area contributed by atoms with Crippen LogP contribution in [-0.4, -0.2) is 11.3 Å². The lowest BCUT2D eigenvalue weighted by molar-refractivity contribution is 0.331. The fourth-order valence-electron chi connectivity index (χ4n) is 13.9. The van der Waals surface area contributed by atoms with Crippen LogP contribution in [0.15, 0.2) is 107 Å². The Labute approximate surface area is 386 Å². The van der Waals surface area contributed by atoms with Gasteiger partial charge in [0.05, 0.1) is 0 Å². The van der Waals surface area contributed by atoms with E-state index in [1.165, 1.54) is 149 Å². The second-order valence-electron chi connectivity index (χ2n) is 24.0. The van der Waals surface area contributed by atoms with Crippen LogP contribution in [0.1, 0.15) is 154 Å². The number of hydrogen-bond donors (Lipinski definition) is 0. The maximum atomic E-state index is 7.05. The Hall–Kier alpha value is -5.48. The molecule has 0 atom stereocenters. The lowest BCUT2D eigenvalue weighted by atomic mass is 9.40. The van der Waals surface area contributed by atoms with Gasteiger partial charge in [-0.15, -0.1) is 0 Å². The molecule has 0 N–H and O–H groups in total. The van der Waals surface area contributed by atoms with Crippen LogP contribution in [0.25, 0.3) is 60.6 Å². The molecule has 2 aliphatic heterocycles. The minimum absolute atomic E-state index is 0.0332. The molecule has 5 aliphatic rings. The first-order chi connectivity index (χ1) is 30.9. The zero-order chi connectivity index (χ0) is 44.9. The van der Waals surface area contributed by atoms with Crippen molar-refractivity contribution in [1.82, 2.24) is 4.48 Å². The number of benzene rings is 6. The fraction of sp³-hybridized carbons (Fsp3) is 0.377. The molecule has 4 heteroatoms. The number of fused-ring (bicyclic) bond motifs is 14. The van der Waals surface area contributed by atoms with Crippen molar-refractivity contribution in [2.24, 2.45) is 0 Å². The summed E-state index contributed by atoms with van der Waals surface area (Å²) in [7, 11) is 0. The minimum Gasteiger partial charge on any atom is -0.456 e. The molecule has 2 aromatic heterocycles. The van der Waals surface area contributed by atoms with Gasteiger partial charge < -0.3 is 13.8 Å². The molecule has 0 saturated heterocycles. The van der Waals surface area contributed by atoms with E-state index in [2.05, 4.69) is 183 Å². The van der Waals surface area contributed by atoms with Crippen LogP contribution >= 0.6 is 0 Å². The third-order valence-electron chi connectivity index (χ3n) is 17.9. The highest BCUT2D eigenvalue weighted by Crippen LogP contribution is 2.60. The molecular weight excluding hydrogens is 787 g/mol. The highest BCUT2D eigenvalue weighted by atomic mass is 16.3. The summed E-state index contributed by atoms with van der Waals surface area (Å²) in [5, 5.41) is 5.15. The van der Waals surface area contributed by atoms with Gasteiger partial charge in [0.25, 0.3) is 0 Å². The predicted molar refractivity (Wildman–Crippen MR) is 277 cm³/mol. The molecule has 0 fully saturated rings. The van der Waals surface area contributed by atoms with Crippen LogP contribution in [-0.2, 0) is 33.5 Å². The zero-order valence-corrected chi connectivity index (χ0v) is 40.6. The summed E-state index contributed by atoms with van der Waals surface area (Å²) in [6, 6.07) is 38.7. The van der Waals surface area contributed by atoms with Crippen LogP contribution in [0.5, 0.6) is 0 Å². The SMILES string of the molecule is CCCCc1ccc2c(c1)c1cccc3c1n2B1C2=C(c4cc5c(cc4C2(C)C)C(C)(C)CCC5(C)C)N(c2ccc4c(c2)C(C)(C)CCC4(C)C)c2cc4oc5ccccc5c4c-3c21. The second kappa shape index (κ2) is 12.7. The molecule has 0 radical (unpaired) electrons. The van der Waals surface area contributed by atoms with E-state index in [0.717, 1.165) is 17.6 Å². The lowest BCUT2D eigenvalue weighted by Crippen LogP contribution is -2.52. The van der Waals surface area contributed by atoms with Crippen molar-refractivity contribution in [3.05, 3.63) is 141 Å². The quantitative estimate of drug-likeness (QED) is 0.165. The second-order valence-corrected chi connectivity index (χ2v) is 24.0. The molecule has 0 bridgehead atoms. The van der Waals surface area contributed by atoms with Gasteiger partial charge in [-0.3, -0.25) is 0 Å². The van der Waals surface area contributed by atoms with Gasteiger partial charge in [-0.25, -0.2) is 0 Å². The van der Waals surface area contributed by atoms with E-state index >= 15 is 0 Å². The van der Waals surface area contributed by atoms with E-state index in [-0.39, 0.29) is 33.9 Å². The molecule has 8 aromatic rings. The molecule has 0 spiro atoms. The van der Waals surface area contributed by atoms with Crippen LogP contribution in [0.3, 0.4) is 0 Å². The molecule has 0 saturated carbocycles. The number of hydrogen-bond acceptors (Lipinski definition) is 2. The highest BCUT2D eigenvalue weighted by Gasteiger charge is 2.55. The standard InChI is InChI=1S/C61H63BN2O/c1-12-13-17-35-22-25-47-40(30-35)37-19-16-20-39-52-51-38-18-14-15-21-49(38)65-50(51)34-48-53(52)62(64(47)54(37)39)56-55(63(48)36-23-24-42-44(31-36)58(4,5)27-26-57(42,2)3)41-32-45-46(33-43(41)61(56,10)11)60(8,9)29-28-59(45,6)7/h14-16,18-25,30-34H,12-13,17,26-29H2,1-11H3. The molecule has 3 nitrogen and oxygen atoms in total. The number of aryl methyl sites for hydroxylation is 1. The van der Waals surface area contributed by atoms with Gasteiger partial charge in [0.1, 0.15) is 11.2 Å². The molecule has 0 amide bonds. The van der Waals surface area contributed by atoms with Crippen molar-refractivity contribution in [1.29, 1.82) is 0 Å². The lowest BCUT2D eigenvalue weighted by Gasteiger charge is -2.45. The Kier molecular flexibility index (Phi) is 7.78. The molecule has 0 unspecified atom stereocenters. The minimum atomic E-state index is -0.283. The van der Waals surface area contributed by atoms with Crippen molar-refractivity contribution in [3.63, 3.8) is 0 Å². The average Bonchev–Trinajstić information content (AvgIpc) is 3.89. The van der Waals surface area contributed by atoms with Crippen LogP contribution in [0, 0.1) is 0 Å². The average molecular weight is 851 g/mol. The van der Waals surface area contributed by atoms with E-state index < -0.39 is 0 Å². The summed E-state index contributed by atoms with van der Waals surface area (Å²) in [5.41, 5.74) is 24.4. The number of aromatic nitrogens is 1. The summed E-state index contributed by atoms with van der Waals surface area (Å²) in [4.78, 5) is 2.73. The van der Waals surface area contributed by atoms with Gasteiger partial charge in [0.2, 0.25) is 0 Å². The highest BCUT2D eigenvalue weighted by molar-refractivity contribution is 6.86. The maximum absolute atomic E-state index is 7.05. The van der Waals surface area contributed by atoms with Gasteiger partial charge >= 0.3 is 6.85 Å². The summed E-state index contributed by atoms with van der Waals surface area (Å²) in [6.07, 6.45) is 8.25. The van der Waals surface area contributed by atoms with E-state index in [9.17, 15) is 0 Å². The molecular formula is C61H63BN2O. The normalized spacial score (nSPS) is 20.0. The van der Waals surface area contributed by atoms with Crippen LogP contribution < -0.4 is 10.4 Å². The van der Waals surface area contributed by atoms with Crippen molar-refractivity contribution < 1.29 is 4.42 Å². The first kappa shape index (κ1) is 39.9. The van der Waals surface area contributed by atoms with Crippen molar-refractivity contribution in [2.75, 3.05) is 4.90 Å². The number of rotatable bonds is 4. The molecule has 3 aliphatic carbocycles. The number of nitrogens with zero attached hydrogens (tertiary/aromatic N) is 2. The van der Waals surface area contributed by atoms with E-state index in [1.807, 2.05) is 0 Å². The Balaban J connectivity index is 1.22. The van der Waals surface area contributed by atoms with Crippen LogP contribution in [0.4, 0.5) is 11.4 Å². The largest absolute Gasteiger partial charge is 0.456 e. The Morgan fingerprint density at radius 3 is 2.00 bits per heavy atom. The number of allylic oxidation sites excluding steroid dienone is 1. The first-order valence-corrected chi connectivity index (χ1v) is 24.9. The molecule has 13 rings (SSSR count). The van der Waals surface area contributed by atoms with Crippen molar-refractivity contribution >= 4 is 73.1 Å². The van der Waals surface area contributed by atoms with Gasteiger partial charge in [0, 0.05) is 72.3 Å². The maximum Gasteiger partial charge on any atom is 0.329 e. The number of para-hydroxylation sites is 2. The smallest absolute Gasteiger partial charge is 0.329 e. The number of unbranched alkanes of at least 4 members (excludes halogenated alkanes) is 1. The van der Waals surface area contributed by atoms with Gasteiger partial charge in [-0.05, 0) is 146 Å². The third kappa shape index (κ3) is 5.10. The van der Waals surface area contributed by atoms with E-state index in [0.29, 0.717) is 0 Å². The third-order valence-corrected chi connectivity index (χ3v) is 17.9. The number of anilines is 2. The summed E-state index contributed by atoms with van der Waals surface area (Å²) in [6.45, 7) is 27.2. The Bertz CT molecular complexity index is 3470. The van der Waals surface area contributed by atoms with Crippen LogP contribution in [0.2, 0.25) is 0 Å². The first-order valence-electron chi connectivity index (χ1n) is 24.9. The predicted octanol–water partition coefficient (Wildman–Crippen LogP) is 15.9. The Morgan fingerprint density at radius 1 is 0.585 bits per heavy atom. The Morgan fingerprint density at radius 2 is 1.26 bits per heavy atom. The number of furan rings is 1. The zero-order valence-electron chi connectivity index (χ0n) is 40.6.